The fourth-order valence-electron chi connectivity index (χ4n) is 1.64. The van der Waals surface area contributed by atoms with Crippen molar-refractivity contribution in [2.45, 2.75) is 32.4 Å². The molecule has 0 radical (unpaired) electrons. The first-order chi connectivity index (χ1) is 7.70. The summed E-state index contributed by atoms with van der Waals surface area (Å²) in [5.74, 6) is 0.609. The Kier molecular flexibility index (Phi) is 3.39. The summed E-state index contributed by atoms with van der Waals surface area (Å²) < 4.78 is 13.1. The van der Waals surface area contributed by atoms with E-state index in [1.807, 2.05) is 11.9 Å². The van der Waals surface area contributed by atoms with Crippen LogP contribution in [0.15, 0.2) is 12.3 Å². The first-order valence-corrected chi connectivity index (χ1v) is 5.79. The van der Waals surface area contributed by atoms with E-state index in [4.69, 9.17) is 0 Å². The molecule has 1 aliphatic rings. The molecule has 0 aromatic carbocycles. The molecule has 0 atom stereocenters. The van der Waals surface area contributed by atoms with E-state index in [0.717, 1.165) is 17.9 Å². The van der Waals surface area contributed by atoms with Gasteiger partial charge in [-0.05, 0) is 25.8 Å². The second kappa shape index (κ2) is 4.78. The average Bonchev–Trinajstić information content (AvgIpc) is 3.09. The van der Waals surface area contributed by atoms with Gasteiger partial charge in [-0.15, -0.1) is 0 Å². The lowest BCUT2D eigenvalue weighted by molar-refractivity contribution is 0.611. The average molecular weight is 223 g/mol. The van der Waals surface area contributed by atoms with E-state index in [9.17, 15) is 4.39 Å². The zero-order valence-electron chi connectivity index (χ0n) is 9.83. The molecule has 1 heterocycles. The molecular weight excluding hydrogens is 205 g/mol. The molecule has 16 heavy (non-hydrogen) atoms. The van der Waals surface area contributed by atoms with Crippen LogP contribution in [0.25, 0.3) is 0 Å². The quantitative estimate of drug-likeness (QED) is 0.826. The summed E-state index contributed by atoms with van der Waals surface area (Å²) in [5.41, 5.74) is 0.941. The van der Waals surface area contributed by atoms with Gasteiger partial charge in [-0.3, -0.25) is 0 Å². The SMILES string of the molecule is CCN(C)c1ncc(F)cc1CNC1CC1. The topological polar surface area (TPSA) is 28.2 Å². The molecule has 1 saturated carbocycles. The first kappa shape index (κ1) is 11.3. The normalized spacial score (nSPS) is 15.2. The summed E-state index contributed by atoms with van der Waals surface area (Å²) >= 11 is 0. The van der Waals surface area contributed by atoms with Crippen LogP contribution in [0, 0.1) is 5.82 Å². The Balaban J connectivity index is 2.13. The number of hydrogen-bond acceptors (Lipinski definition) is 3. The maximum atomic E-state index is 13.1. The highest BCUT2D eigenvalue weighted by atomic mass is 19.1. The molecule has 88 valence electrons. The summed E-state index contributed by atoms with van der Waals surface area (Å²) in [5, 5.41) is 3.39. The number of rotatable bonds is 5. The lowest BCUT2D eigenvalue weighted by Gasteiger charge is -2.19. The molecule has 2 rings (SSSR count). The van der Waals surface area contributed by atoms with E-state index < -0.39 is 0 Å². The van der Waals surface area contributed by atoms with Crippen molar-refractivity contribution >= 4 is 5.82 Å². The Hall–Kier alpha value is -1.16. The minimum Gasteiger partial charge on any atom is -0.360 e. The highest BCUT2D eigenvalue weighted by Gasteiger charge is 2.21. The second-order valence-corrected chi connectivity index (χ2v) is 4.31. The van der Waals surface area contributed by atoms with Crippen LogP contribution in [-0.4, -0.2) is 24.6 Å². The highest BCUT2D eigenvalue weighted by Crippen LogP contribution is 2.22. The number of aromatic nitrogens is 1. The van der Waals surface area contributed by atoms with Crippen LogP contribution in [0.1, 0.15) is 25.3 Å². The smallest absolute Gasteiger partial charge is 0.141 e. The van der Waals surface area contributed by atoms with Gasteiger partial charge in [-0.1, -0.05) is 0 Å². The Morgan fingerprint density at radius 2 is 2.31 bits per heavy atom. The van der Waals surface area contributed by atoms with E-state index in [0.29, 0.717) is 12.6 Å². The number of pyridine rings is 1. The van der Waals surface area contributed by atoms with Gasteiger partial charge in [0.15, 0.2) is 0 Å². The van der Waals surface area contributed by atoms with Crippen molar-refractivity contribution in [1.82, 2.24) is 10.3 Å². The molecule has 1 fully saturated rings. The molecule has 0 unspecified atom stereocenters. The molecule has 3 nitrogen and oxygen atoms in total. The van der Waals surface area contributed by atoms with Gasteiger partial charge in [0.25, 0.3) is 0 Å². The van der Waals surface area contributed by atoms with E-state index >= 15 is 0 Å². The third kappa shape index (κ3) is 2.70. The van der Waals surface area contributed by atoms with Crippen LogP contribution in [0.5, 0.6) is 0 Å². The van der Waals surface area contributed by atoms with Crippen LogP contribution in [-0.2, 0) is 6.54 Å². The molecule has 0 spiro atoms. The Morgan fingerprint density at radius 1 is 1.56 bits per heavy atom. The van der Waals surface area contributed by atoms with Crippen molar-refractivity contribution in [2.24, 2.45) is 0 Å². The van der Waals surface area contributed by atoms with Gasteiger partial charge < -0.3 is 10.2 Å². The van der Waals surface area contributed by atoms with Crippen molar-refractivity contribution in [3.05, 3.63) is 23.6 Å². The lowest BCUT2D eigenvalue weighted by Crippen LogP contribution is -2.22. The molecule has 0 aliphatic heterocycles. The van der Waals surface area contributed by atoms with Crippen molar-refractivity contribution < 1.29 is 4.39 Å². The largest absolute Gasteiger partial charge is 0.360 e. The summed E-state index contributed by atoms with van der Waals surface area (Å²) in [6, 6.07) is 2.20. The van der Waals surface area contributed by atoms with Gasteiger partial charge in [-0.25, -0.2) is 9.37 Å². The predicted molar refractivity (Wildman–Crippen MR) is 63.0 cm³/mol. The molecule has 0 amide bonds. The summed E-state index contributed by atoms with van der Waals surface area (Å²) in [6.45, 7) is 3.63. The van der Waals surface area contributed by atoms with Crippen LogP contribution in [0.4, 0.5) is 10.2 Å². The number of halogens is 1. The van der Waals surface area contributed by atoms with Gasteiger partial charge in [0.2, 0.25) is 0 Å². The minimum atomic E-state index is -0.263. The summed E-state index contributed by atoms with van der Waals surface area (Å²) in [7, 11) is 1.97. The summed E-state index contributed by atoms with van der Waals surface area (Å²) in [4.78, 5) is 6.19. The van der Waals surface area contributed by atoms with Crippen LogP contribution < -0.4 is 10.2 Å². The Morgan fingerprint density at radius 3 is 2.94 bits per heavy atom. The molecule has 1 aromatic rings. The summed E-state index contributed by atoms with van der Waals surface area (Å²) in [6.07, 6.45) is 3.76. The fourth-order valence-corrected chi connectivity index (χ4v) is 1.64. The van der Waals surface area contributed by atoms with E-state index in [1.54, 1.807) is 6.07 Å². The maximum Gasteiger partial charge on any atom is 0.141 e. The zero-order chi connectivity index (χ0) is 11.5. The van der Waals surface area contributed by atoms with Gasteiger partial charge >= 0.3 is 0 Å². The van der Waals surface area contributed by atoms with Crippen molar-refractivity contribution in [3.63, 3.8) is 0 Å². The molecular formula is C12H18FN3. The standard InChI is InChI=1S/C12H18FN3/c1-3-16(2)12-9(6-10(13)8-15-12)7-14-11-4-5-11/h6,8,11,14H,3-5,7H2,1-2H3. The Labute approximate surface area is 95.7 Å². The molecule has 1 aliphatic carbocycles. The van der Waals surface area contributed by atoms with Crippen LogP contribution in [0.3, 0.4) is 0 Å². The van der Waals surface area contributed by atoms with Crippen LogP contribution >= 0.6 is 0 Å². The second-order valence-electron chi connectivity index (χ2n) is 4.31. The molecule has 0 saturated heterocycles. The molecule has 0 bridgehead atoms. The van der Waals surface area contributed by atoms with E-state index in [2.05, 4.69) is 17.2 Å². The van der Waals surface area contributed by atoms with Gasteiger partial charge in [0.05, 0.1) is 6.20 Å². The Bertz CT molecular complexity index is 363. The number of nitrogens with one attached hydrogen (secondary N) is 1. The van der Waals surface area contributed by atoms with Gasteiger partial charge in [0, 0.05) is 31.7 Å². The van der Waals surface area contributed by atoms with Crippen molar-refractivity contribution in [2.75, 3.05) is 18.5 Å². The van der Waals surface area contributed by atoms with Crippen molar-refractivity contribution in [3.8, 4) is 0 Å². The number of hydrogen-bond donors (Lipinski definition) is 1. The highest BCUT2D eigenvalue weighted by molar-refractivity contribution is 5.46. The van der Waals surface area contributed by atoms with Crippen LogP contribution in [0.2, 0.25) is 0 Å². The monoisotopic (exact) mass is 223 g/mol. The van der Waals surface area contributed by atoms with Crippen molar-refractivity contribution in [1.29, 1.82) is 0 Å². The fraction of sp³-hybridized carbons (Fsp3) is 0.583. The predicted octanol–water partition coefficient (Wildman–Crippen LogP) is 1.93. The minimum absolute atomic E-state index is 0.263. The number of anilines is 1. The molecule has 4 heteroatoms. The third-order valence-corrected chi connectivity index (χ3v) is 2.90. The molecule has 1 N–H and O–H groups in total. The van der Waals surface area contributed by atoms with Gasteiger partial charge in [-0.2, -0.15) is 0 Å². The van der Waals surface area contributed by atoms with E-state index in [-0.39, 0.29) is 5.82 Å². The zero-order valence-corrected chi connectivity index (χ0v) is 9.83. The maximum absolute atomic E-state index is 13.1. The number of nitrogens with zero attached hydrogens (tertiary/aromatic N) is 2. The van der Waals surface area contributed by atoms with Gasteiger partial charge in [0.1, 0.15) is 11.6 Å². The van der Waals surface area contributed by atoms with E-state index in [1.165, 1.54) is 19.0 Å². The third-order valence-electron chi connectivity index (χ3n) is 2.90. The first-order valence-electron chi connectivity index (χ1n) is 5.79. The lowest BCUT2D eigenvalue weighted by atomic mass is 10.2. The molecule has 1 aromatic heterocycles.